The highest BCUT2D eigenvalue weighted by Gasteiger charge is 2.05. The zero-order valence-corrected chi connectivity index (χ0v) is 7.34. The maximum absolute atomic E-state index is 5.30. The zero-order chi connectivity index (χ0) is 8.69. The third kappa shape index (κ3) is 5.69. The molecule has 0 radical (unpaired) electrons. The summed E-state index contributed by atoms with van der Waals surface area (Å²) in [6, 6.07) is 0. The van der Waals surface area contributed by atoms with Crippen molar-refractivity contribution in [2.24, 2.45) is 5.92 Å². The molecule has 62 valence electrons. The number of ether oxygens (including phenoxy) is 1. The van der Waals surface area contributed by atoms with Gasteiger partial charge in [0.05, 0.1) is 6.61 Å². The van der Waals surface area contributed by atoms with E-state index in [1.54, 1.807) is 6.08 Å². The summed E-state index contributed by atoms with van der Waals surface area (Å²) in [5.74, 6) is 3.18. The van der Waals surface area contributed by atoms with Crippen molar-refractivity contribution < 1.29 is 4.74 Å². The molecule has 0 aliphatic rings. The van der Waals surface area contributed by atoms with Gasteiger partial charge in [0.25, 0.3) is 0 Å². The molecule has 1 heteroatoms. The molecule has 0 aliphatic carbocycles. The van der Waals surface area contributed by atoms with Crippen LogP contribution >= 0.6 is 0 Å². The van der Waals surface area contributed by atoms with Gasteiger partial charge in [0.2, 0.25) is 0 Å². The lowest BCUT2D eigenvalue weighted by Gasteiger charge is -2.12. The highest BCUT2D eigenvalue weighted by molar-refractivity contribution is 4.95. The van der Waals surface area contributed by atoms with Gasteiger partial charge in [-0.3, -0.25) is 0 Å². The first-order valence-electron chi connectivity index (χ1n) is 3.89. The highest BCUT2D eigenvalue weighted by atomic mass is 16.5. The Bertz CT molecular complexity index is 141. The van der Waals surface area contributed by atoms with Crippen LogP contribution in [0.2, 0.25) is 0 Å². The van der Waals surface area contributed by atoms with E-state index in [9.17, 15) is 0 Å². The fraction of sp³-hybridized carbons (Fsp3) is 0.600. The predicted octanol–water partition coefficient (Wildman–Crippen LogP) is 2.24. The molecule has 0 spiro atoms. The van der Waals surface area contributed by atoms with E-state index in [1.807, 2.05) is 0 Å². The van der Waals surface area contributed by atoms with E-state index in [2.05, 4.69) is 26.3 Å². The smallest absolute Gasteiger partial charge is 0.118 e. The first-order valence-corrected chi connectivity index (χ1v) is 3.89. The molecule has 1 atom stereocenters. The SMILES string of the molecule is C#CC(CC(C)C)OCC=C. The Morgan fingerprint density at radius 1 is 1.64 bits per heavy atom. The lowest BCUT2D eigenvalue weighted by molar-refractivity contribution is 0.100. The first-order chi connectivity index (χ1) is 5.20. The second-order valence-electron chi connectivity index (χ2n) is 2.91. The second kappa shape index (κ2) is 6.00. The van der Waals surface area contributed by atoms with Crippen LogP contribution in [0, 0.1) is 18.3 Å². The summed E-state index contributed by atoms with van der Waals surface area (Å²) in [5, 5.41) is 0. The molecule has 1 nitrogen and oxygen atoms in total. The number of hydrogen-bond acceptors (Lipinski definition) is 1. The van der Waals surface area contributed by atoms with E-state index >= 15 is 0 Å². The molecular formula is C10H16O. The molecular weight excluding hydrogens is 136 g/mol. The van der Waals surface area contributed by atoms with E-state index in [0.717, 1.165) is 6.42 Å². The Hall–Kier alpha value is -0.740. The Kier molecular flexibility index (Phi) is 5.60. The molecule has 0 aromatic heterocycles. The van der Waals surface area contributed by atoms with Crippen LogP contribution in [0.5, 0.6) is 0 Å². The van der Waals surface area contributed by atoms with Gasteiger partial charge in [-0.2, -0.15) is 0 Å². The average molecular weight is 152 g/mol. The van der Waals surface area contributed by atoms with Crippen molar-refractivity contribution in [3.05, 3.63) is 12.7 Å². The van der Waals surface area contributed by atoms with Gasteiger partial charge in [-0.15, -0.1) is 13.0 Å². The van der Waals surface area contributed by atoms with Gasteiger partial charge in [-0.25, -0.2) is 0 Å². The number of terminal acetylenes is 1. The summed E-state index contributed by atoms with van der Waals surface area (Å²) < 4.78 is 5.30. The van der Waals surface area contributed by atoms with Crippen LogP contribution in [0.15, 0.2) is 12.7 Å². The maximum Gasteiger partial charge on any atom is 0.118 e. The van der Waals surface area contributed by atoms with Gasteiger partial charge in [0.15, 0.2) is 0 Å². The minimum Gasteiger partial charge on any atom is -0.361 e. The quantitative estimate of drug-likeness (QED) is 0.433. The Labute approximate surface area is 69.4 Å². The Morgan fingerprint density at radius 2 is 2.27 bits per heavy atom. The molecule has 0 rings (SSSR count). The van der Waals surface area contributed by atoms with Crippen LogP contribution < -0.4 is 0 Å². The van der Waals surface area contributed by atoms with Crippen LogP contribution in [0.1, 0.15) is 20.3 Å². The van der Waals surface area contributed by atoms with Crippen molar-refractivity contribution in [3.8, 4) is 12.3 Å². The van der Waals surface area contributed by atoms with E-state index in [4.69, 9.17) is 11.2 Å². The molecule has 1 unspecified atom stereocenters. The summed E-state index contributed by atoms with van der Waals surface area (Å²) in [5.41, 5.74) is 0. The summed E-state index contributed by atoms with van der Waals surface area (Å²) in [4.78, 5) is 0. The minimum absolute atomic E-state index is 0.0481. The fourth-order valence-corrected chi connectivity index (χ4v) is 0.797. The van der Waals surface area contributed by atoms with Gasteiger partial charge < -0.3 is 4.74 Å². The fourth-order valence-electron chi connectivity index (χ4n) is 0.797. The third-order valence-corrected chi connectivity index (χ3v) is 1.29. The van der Waals surface area contributed by atoms with Gasteiger partial charge in [-0.1, -0.05) is 25.8 Å². The normalized spacial score (nSPS) is 12.5. The predicted molar refractivity (Wildman–Crippen MR) is 48.2 cm³/mol. The lowest BCUT2D eigenvalue weighted by Crippen LogP contribution is -2.13. The third-order valence-electron chi connectivity index (χ3n) is 1.29. The van der Waals surface area contributed by atoms with Gasteiger partial charge in [-0.05, 0) is 12.3 Å². The summed E-state index contributed by atoms with van der Waals surface area (Å²) >= 11 is 0. The molecule has 0 N–H and O–H groups in total. The molecule has 0 aromatic rings. The van der Waals surface area contributed by atoms with Crippen molar-refractivity contribution in [3.63, 3.8) is 0 Å². The Morgan fingerprint density at radius 3 is 2.64 bits per heavy atom. The van der Waals surface area contributed by atoms with Crippen LogP contribution in [0.25, 0.3) is 0 Å². The molecule has 0 saturated carbocycles. The summed E-state index contributed by atoms with van der Waals surface area (Å²) in [6.45, 7) is 8.35. The maximum atomic E-state index is 5.30. The molecule has 11 heavy (non-hydrogen) atoms. The van der Waals surface area contributed by atoms with E-state index in [-0.39, 0.29) is 6.10 Å². The average Bonchev–Trinajstić information content (AvgIpc) is 1.97. The lowest BCUT2D eigenvalue weighted by atomic mass is 10.1. The van der Waals surface area contributed by atoms with Gasteiger partial charge in [0.1, 0.15) is 6.10 Å². The first kappa shape index (κ1) is 10.3. The minimum atomic E-state index is -0.0481. The van der Waals surface area contributed by atoms with Crippen molar-refractivity contribution in [1.29, 1.82) is 0 Å². The van der Waals surface area contributed by atoms with Crippen LogP contribution in [-0.4, -0.2) is 12.7 Å². The molecule has 0 fully saturated rings. The topological polar surface area (TPSA) is 9.23 Å². The summed E-state index contributed by atoms with van der Waals surface area (Å²) in [7, 11) is 0. The van der Waals surface area contributed by atoms with E-state index < -0.39 is 0 Å². The van der Waals surface area contributed by atoms with Gasteiger partial charge >= 0.3 is 0 Å². The largest absolute Gasteiger partial charge is 0.361 e. The van der Waals surface area contributed by atoms with Crippen molar-refractivity contribution in [1.82, 2.24) is 0 Å². The van der Waals surface area contributed by atoms with Gasteiger partial charge in [0, 0.05) is 0 Å². The second-order valence-corrected chi connectivity index (χ2v) is 2.91. The van der Waals surface area contributed by atoms with Crippen LogP contribution in [0.3, 0.4) is 0 Å². The molecule has 0 saturated heterocycles. The Balaban J connectivity index is 3.60. The van der Waals surface area contributed by atoms with E-state index in [1.165, 1.54) is 0 Å². The van der Waals surface area contributed by atoms with Crippen LogP contribution in [0.4, 0.5) is 0 Å². The number of hydrogen-bond donors (Lipinski definition) is 0. The molecule has 0 heterocycles. The molecule has 0 aliphatic heterocycles. The van der Waals surface area contributed by atoms with Crippen molar-refractivity contribution in [2.75, 3.05) is 6.61 Å². The summed E-state index contributed by atoms with van der Waals surface area (Å²) in [6.07, 6.45) is 7.84. The standard InChI is InChI=1S/C10H16O/c1-5-7-11-10(6-2)8-9(3)4/h2,5,9-10H,1,7-8H2,3-4H3. The molecule has 0 amide bonds. The number of rotatable bonds is 5. The van der Waals surface area contributed by atoms with Crippen molar-refractivity contribution in [2.45, 2.75) is 26.4 Å². The molecule has 0 bridgehead atoms. The zero-order valence-electron chi connectivity index (χ0n) is 7.34. The van der Waals surface area contributed by atoms with Crippen LogP contribution in [-0.2, 0) is 4.74 Å². The van der Waals surface area contributed by atoms with E-state index in [0.29, 0.717) is 12.5 Å². The highest BCUT2D eigenvalue weighted by Crippen LogP contribution is 2.06. The van der Waals surface area contributed by atoms with Crippen molar-refractivity contribution >= 4 is 0 Å². The molecule has 0 aromatic carbocycles. The monoisotopic (exact) mass is 152 g/mol.